The molecule has 1 aliphatic heterocycles. The van der Waals surface area contributed by atoms with E-state index in [0.717, 1.165) is 16.6 Å². The molecular weight excluding hydrogens is 278 g/mol. The number of hydrogen-bond acceptors (Lipinski definition) is 4. The van der Waals surface area contributed by atoms with Crippen LogP contribution in [-0.4, -0.2) is 22.8 Å². The zero-order valence-corrected chi connectivity index (χ0v) is 12.7. The summed E-state index contributed by atoms with van der Waals surface area (Å²) < 4.78 is 0. The first-order chi connectivity index (χ1) is 10.6. The van der Waals surface area contributed by atoms with Crippen LogP contribution in [0.4, 0.5) is 5.69 Å². The highest BCUT2D eigenvalue weighted by atomic mass is 16.2. The summed E-state index contributed by atoms with van der Waals surface area (Å²) in [6.07, 6.45) is 2.62. The molecule has 22 heavy (non-hydrogen) atoms. The van der Waals surface area contributed by atoms with Crippen molar-refractivity contribution < 1.29 is 9.59 Å². The normalized spacial score (nSPS) is 18.6. The van der Waals surface area contributed by atoms with Crippen LogP contribution in [0.15, 0.2) is 30.5 Å². The highest BCUT2D eigenvalue weighted by Gasteiger charge is 2.27. The number of piperidine rings is 1. The van der Waals surface area contributed by atoms with Gasteiger partial charge in [0, 0.05) is 18.0 Å². The van der Waals surface area contributed by atoms with Gasteiger partial charge in [-0.15, -0.1) is 0 Å². The Labute approximate surface area is 129 Å². The first kappa shape index (κ1) is 14.5. The highest BCUT2D eigenvalue weighted by Crippen LogP contribution is 2.30. The number of nitrogens with one attached hydrogen (secondary N) is 2. The predicted molar refractivity (Wildman–Crippen MR) is 85.6 cm³/mol. The minimum absolute atomic E-state index is 0.207. The smallest absolute Gasteiger partial charge is 0.249 e. The Balaban J connectivity index is 1.96. The Kier molecular flexibility index (Phi) is 3.79. The lowest BCUT2D eigenvalue weighted by atomic mass is 9.97. The summed E-state index contributed by atoms with van der Waals surface area (Å²) in [6.45, 7) is 4.30. The Morgan fingerprint density at radius 3 is 2.82 bits per heavy atom. The summed E-state index contributed by atoms with van der Waals surface area (Å²) in [5, 5.41) is 6.69. The molecule has 1 saturated heterocycles. The number of rotatable bonds is 3. The molecule has 5 heteroatoms. The summed E-state index contributed by atoms with van der Waals surface area (Å²) >= 11 is 0. The monoisotopic (exact) mass is 297 g/mol. The Bertz CT molecular complexity index is 740. The quantitative estimate of drug-likeness (QED) is 0.854. The van der Waals surface area contributed by atoms with Crippen LogP contribution in [0.3, 0.4) is 0 Å². The molecule has 3 rings (SSSR count). The zero-order valence-electron chi connectivity index (χ0n) is 12.7. The second kappa shape index (κ2) is 5.75. The number of carbonyl (C=O) groups is 2. The van der Waals surface area contributed by atoms with E-state index in [0.29, 0.717) is 18.8 Å². The van der Waals surface area contributed by atoms with Gasteiger partial charge in [-0.2, -0.15) is 0 Å². The average Bonchev–Trinajstić information content (AvgIpc) is 2.50. The van der Waals surface area contributed by atoms with E-state index in [2.05, 4.69) is 35.5 Å². The number of hydrogen-bond donors (Lipinski definition) is 2. The summed E-state index contributed by atoms with van der Waals surface area (Å²) in [6, 6.07) is 7.61. The molecule has 0 aliphatic carbocycles. The number of amides is 2. The molecule has 2 N–H and O–H groups in total. The van der Waals surface area contributed by atoms with Crippen LogP contribution in [-0.2, 0) is 9.59 Å². The lowest BCUT2D eigenvalue weighted by Crippen LogP contribution is -2.47. The van der Waals surface area contributed by atoms with E-state index in [4.69, 9.17) is 0 Å². The fourth-order valence-electron chi connectivity index (χ4n) is 2.83. The van der Waals surface area contributed by atoms with Gasteiger partial charge >= 0.3 is 0 Å². The molecule has 1 aromatic heterocycles. The average molecular weight is 297 g/mol. The maximum absolute atomic E-state index is 11.9. The molecule has 1 aromatic carbocycles. The molecule has 2 aromatic rings. The standard InChI is InChI=1S/C17H19N3O2/c1-10(2)11-5-6-13(16-12(11)4-3-9-18-16)19-14-7-8-15(21)20-17(14)22/h3-6,9-10,14,19H,7-8H2,1-2H3,(H,20,21,22). The lowest BCUT2D eigenvalue weighted by molar-refractivity contribution is -0.133. The molecule has 0 radical (unpaired) electrons. The van der Waals surface area contributed by atoms with Crippen molar-refractivity contribution >= 4 is 28.4 Å². The maximum Gasteiger partial charge on any atom is 0.249 e. The molecule has 0 spiro atoms. The van der Waals surface area contributed by atoms with Crippen LogP contribution in [0.2, 0.25) is 0 Å². The first-order valence-corrected chi connectivity index (χ1v) is 7.54. The zero-order chi connectivity index (χ0) is 15.7. The molecule has 2 amide bonds. The second-order valence-electron chi connectivity index (χ2n) is 5.90. The lowest BCUT2D eigenvalue weighted by Gasteiger charge is -2.23. The minimum atomic E-state index is -0.396. The van der Waals surface area contributed by atoms with E-state index in [1.54, 1.807) is 6.20 Å². The fourth-order valence-corrected chi connectivity index (χ4v) is 2.83. The Morgan fingerprint density at radius 1 is 1.27 bits per heavy atom. The second-order valence-corrected chi connectivity index (χ2v) is 5.90. The van der Waals surface area contributed by atoms with Crippen molar-refractivity contribution in [1.29, 1.82) is 0 Å². The van der Waals surface area contributed by atoms with Gasteiger partial charge in [0.05, 0.1) is 11.2 Å². The number of imide groups is 1. The number of fused-ring (bicyclic) bond motifs is 1. The van der Waals surface area contributed by atoms with E-state index in [1.165, 1.54) is 5.56 Å². The van der Waals surface area contributed by atoms with Crippen LogP contribution >= 0.6 is 0 Å². The summed E-state index contributed by atoms with van der Waals surface area (Å²) in [5.74, 6) is -0.0780. The van der Waals surface area contributed by atoms with Gasteiger partial charge in [-0.25, -0.2) is 0 Å². The Hall–Kier alpha value is -2.43. The van der Waals surface area contributed by atoms with Crippen LogP contribution in [0.1, 0.15) is 38.2 Å². The largest absolute Gasteiger partial charge is 0.372 e. The molecule has 1 fully saturated rings. The maximum atomic E-state index is 11.9. The van der Waals surface area contributed by atoms with E-state index >= 15 is 0 Å². The van der Waals surface area contributed by atoms with E-state index < -0.39 is 6.04 Å². The van der Waals surface area contributed by atoms with Gasteiger partial charge in [-0.3, -0.25) is 19.9 Å². The van der Waals surface area contributed by atoms with Crippen LogP contribution in [0, 0.1) is 0 Å². The fraction of sp³-hybridized carbons (Fsp3) is 0.353. The topological polar surface area (TPSA) is 71.1 Å². The van der Waals surface area contributed by atoms with Gasteiger partial charge < -0.3 is 5.32 Å². The number of carbonyl (C=O) groups excluding carboxylic acids is 2. The minimum Gasteiger partial charge on any atom is -0.372 e. The van der Waals surface area contributed by atoms with Crippen LogP contribution in [0.25, 0.3) is 10.9 Å². The van der Waals surface area contributed by atoms with Crippen molar-refractivity contribution in [1.82, 2.24) is 10.3 Å². The van der Waals surface area contributed by atoms with Gasteiger partial charge in [0.1, 0.15) is 6.04 Å². The number of pyridine rings is 1. The van der Waals surface area contributed by atoms with Crippen LogP contribution < -0.4 is 10.6 Å². The van der Waals surface area contributed by atoms with Crippen molar-refractivity contribution in [3.63, 3.8) is 0 Å². The van der Waals surface area contributed by atoms with E-state index in [9.17, 15) is 9.59 Å². The molecular formula is C17H19N3O2. The third kappa shape index (κ3) is 2.66. The van der Waals surface area contributed by atoms with Crippen molar-refractivity contribution in [2.24, 2.45) is 0 Å². The molecule has 1 unspecified atom stereocenters. The molecule has 1 aliphatic rings. The van der Waals surface area contributed by atoms with Crippen molar-refractivity contribution in [2.45, 2.75) is 38.6 Å². The molecule has 114 valence electrons. The first-order valence-electron chi connectivity index (χ1n) is 7.54. The summed E-state index contributed by atoms with van der Waals surface area (Å²) in [7, 11) is 0. The number of anilines is 1. The number of nitrogens with zero attached hydrogens (tertiary/aromatic N) is 1. The summed E-state index contributed by atoms with van der Waals surface area (Å²) in [4.78, 5) is 27.6. The third-order valence-corrected chi connectivity index (χ3v) is 3.99. The molecule has 0 bridgehead atoms. The van der Waals surface area contributed by atoms with Gasteiger partial charge in [-0.1, -0.05) is 26.0 Å². The molecule has 5 nitrogen and oxygen atoms in total. The predicted octanol–water partition coefficient (Wildman–Crippen LogP) is 2.58. The van der Waals surface area contributed by atoms with Gasteiger partial charge in [-0.05, 0) is 30.0 Å². The highest BCUT2D eigenvalue weighted by molar-refractivity contribution is 6.02. The van der Waals surface area contributed by atoms with E-state index in [-0.39, 0.29) is 11.8 Å². The third-order valence-electron chi connectivity index (χ3n) is 3.99. The van der Waals surface area contributed by atoms with Crippen LogP contribution in [0.5, 0.6) is 0 Å². The Morgan fingerprint density at radius 2 is 2.09 bits per heavy atom. The molecule has 1 atom stereocenters. The summed E-state index contributed by atoms with van der Waals surface area (Å²) in [5.41, 5.74) is 2.92. The number of benzene rings is 1. The van der Waals surface area contributed by atoms with Gasteiger partial charge in [0.2, 0.25) is 11.8 Å². The van der Waals surface area contributed by atoms with Crippen molar-refractivity contribution in [3.05, 3.63) is 36.0 Å². The van der Waals surface area contributed by atoms with Gasteiger partial charge in [0.25, 0.3) is 0 Å². The van der Waals surface area contributed by atoms with Crippen molar-refractivity contribution in [2.75, 3.05) is 5.32 Å². The SMILES string of the molecule is CC(C)c1ccc(NC2CCC(=O)NC2=O)c2ncccc12. The van der Waals surface area contributed by atoms with E-state index in [1.807, 2.05) is 18.2 Å². The van der Waals surface area contributed by atoms with Gasteiger partial charge in [0.15, 0.2) is 0 Å². The molecule has 2 heterocycles. The molecule has 0 saturated carbocycles. The van der Waals surface area contributed by atoms with Crippen molar-refractivity contribution in [3.8, 4) is 0 Å². The number of aromatic nitrogens is 1.